The molecular weight excluding hydrogens is 392 g/mol. The summed E-state index contributed by atoms with van der Waals surface area (Å²) in [5, 5.41) is 0. The van der Waals surface area contributed by atoms with Gasteiger partial charge in [-0.05, 0) is 42.0 Å². The highest BCUT2D eigenvalue weighted by Gasteiger charge is 2.14. The minimum absolute atomic E-state index is 0.0103. The number of ether oxygens (including phenoxy) is 2. The maximum Gasteiger partial charge on any atom is 0.387 e. The lowest BCUT2D eigenvalue weighted by atomic mass is 10.2. The smallest absolute Gasteiger partial charge is 0.387 e. The average molecular weight is 409 g/mol. The van der Waals surface area contributed by atoms with Crippen molar-refractivity contribution in [1.29, 1.82) is 0 Å². The first kappa shape index (κ1) is 19.8. The van der Waals surface area contributed by atoms with Crippen LogP contribution < -0.4 is 9.47 Å². The predicted molar refractivity (Wildman–Crippen MR) is 100 cm³/mol. The number of methoxy groups -OCH3 is 1. The number of oxazole rings is 1. The highest BCUT2D eigenvalue weighted by Crippen LogP contribution is 2.30. The van der Waals surface area contributed by atoms with Gasteiger partial charge in [-0.2, -0.15) is 8.78 Å². The lowest BCUT2D eigenvalue weighted by Crippen LogP contribution is -2.03. The lowest BCUT2D eigenvalue weighted by molar-refractivity contribution is -0.0512. The molecule has 0 saturated carbocycles. The number of halogens is 2. The number of benzene rings is 2. The predicted octanol–water partition coefficient (Wildman–Crippen LogP) is 4.40. The molecule has 1 heterocycles. The highest BCUT2D eigenvalue weighted by atomic mass is 32.2. The Morgan fingerprint density at radius 3 is 2.61 bits per heavy atom. The van der Waals surface area contributed by atoms with Crippen LogP contribution in [0.4, 0.5) is 8.78 Å². The van der Waals surface area contributed by atoms with Gasteiger partial charge in [0.15, 0.2) is 26.9 Å². The van der Waals surface area contributed by atoms with Gasteiger partial charge in [0.25, 0.3) is 0 Å². The maximum atomic E-state index is 12.5. The van der Waals surface area contributed by atoms with E-state index in [-0.39, 0.29) is 28.0 Å². The number of alkyl halides is 2. The summed E-state index contributed by atoms with van der Waals surface area (Å²) in [5.41, 5.74) is 1.41. The van der Waals surface area contributed by atoms with Crippen molar-refractivity contribution in [3.05, 3.63) is 47.9 Å². The molecule has 1 aromatic heterocycles. The molecule has 28 heavy (non-hydrogen) atoms. The van der Waals surface area contributed by atoms with Gasteiger partial charge < -0.3 is 13.9 Å². The first-order chi connectivity index (χ1) is 13.3. The molecule has 0 bridgehead atoms. The fraction of sp³-hybridized carbons (Fsp3) is 0.211. The van der Waals surface area contributed by atoms with Crippen LogP contribution in [0, 0.1) is 0 Å². The molecule has 2 aromatic carbocycles. The summed E-state index contributed by atoms with van der Waals surface area (Å²) in [6, 6.07) is 9.03. The zero-order valence-electron chi connectivity index (χ0n) is 15.1. The number of fused-ring (bicyclic) bond motifs is 1. The number of rotatable bonds is 7. The van der Waals surface area contributed by atoms with Crippen molar-refractivity contribution < 1.29 is 31.1 Å². The van der Waals surface area contributed by atoms with Crippen molar-refractivity contribution >= 4 is 33.1 Å². The molecule has 0 unspecified atom stereocenters. The quantitative estimate of drug-likeness (QED) is 0.575. The molecule has 3 rings (SSSR count). The van der Waals surface area contributed by atoms with Gasteiger partial charge in [-0.25, -0.2) is 13.4 Å². The van der Waals surface area contributed by atoms with Gasteiger partial charge in [0.05, 0.1) is 17.8 Å². The fourth-order valence-electron chi connectivity index (χ4n) is 2.51. The summed E-state index contributed by atoms with van der Waals surface area (Å²) in [5.74, 6) is 0.327. The Balaban J connectivity index is 1.89. The normalized spacial score (nSPS) is 12.2. The van der Waals surface area contributed by atoms with E-state index in [9.17, 15) is 17.2 Å². The topological polar surface area (TPSA) is 78.6 Å². The first-order valence-corrected chi connectivity index (χ1v) is 9.92. The fourth-order valence-corrected chi connectivity index (χ4v) is 3.41. The van der Waals surface area contributed by atoms with Crippen molar-refractivity contribution in [2.45, 2.75) is 18.4 Å². The Bertz CT molecular complexity index is 1120. The molecule has 0 saturated heterocycles. The molecule has 9 heteroatoms. The Kier molecular flexibility index (Phi) is 5.64. The second-order valence-electron chi connectivity index (χ2n) is 5.71. The van der Waals surface area contributed by atoms with Gasteiger partial charge in [0, 0.05) is 6.08 Å². The number of hydrogen-bond acceptors (Lipinski definition) is 6. The van der Waals surface area contributed by atoms with E-state index in [0.717, 1.165) is 0 Å². The van der Waals surface area contributed by atoms with E-state index < -0.39 is 16.4 Å². The molecule has 0 spiro atoms. The average Bonchev–Trinajstić information content (AvgIpc) is 3.08. The van der Waals surface area contributed by atoms with E-state index in [1.54, 1.807) is 31.2 Å². The molecular formula is C19H17F2NO5S. The van der Waals surface area contributed by atoms with Crippen LogP contribution in [-0.4, -0.2) is 32.9 Å². The molecule has 0 aliphatic carbocycles. The zero-order valence-corrected chi connectivity index (χ0v) is 15.9. The number of hydrogen-bond donors (Lipinski definition) is 0. The molecule has 0 atom stereocenters. The summed E-state index contributed by atoms with van der Waals surface area (Å²) in [4.78, 5) is 4.42. The molecule has 6 nitrogen and oxygen atoms in total. The van der Waals surface area contributed by atoms with Gasteiger partial charge in [-0.15, -0.1) is 0 Å². The van der Waals surface area contributed by atoms with Crippen LogP contribution in [0.1, 0.15) is 18.4 Å². The summed E-state index contributed by atoms with van der Waals surface area (Å²) < 4.78 is 64.0. The molecule has 3 aromatic rings. The van der Waals surface area contributed by atoms with Gasteiger partial charge in [0.1, 0.15) is 5.52 Å². The van der Waals surface area contributed by atoms with Crippen molar-refractivity contribution in [2.24, 2.45) is 0 Å². The van der Waals surface area contributed by atoms with E-state index in [0.29, 0.717) is 16.7 Å². The first-order valence-electron chi connectivity index (χ1n) is 8.26. The van der Waals surface area contributed by atoms with Crippen LogP contribution in [0.15, 0.2) is 45.7 Å². The molecule has 148 valence electrons. The lowest BCUT2D eigenvalue weighted by Gasteiger charge is -2.10. The van der Waals surface area contributed by atoms with Crippen LogP contribution >= 0.6 is 0 Å². The highest BCUT2D eigenvalue weighted by molar-refractivity contribution is 7.91. The molecule has 0 amide bonds. The zero-order chi connectivity index (χ0) is 20.3. The minimum atomic E-state index is -3.34. The molecule has 0 aliphatic heterocycles. The third-order valence-electron chi connectivity index (χ3n) is 3.94. The van der Waals surface area contributed by atoms with Crippen molar-refractivity contribution in [1.82, 2.24) is 4.98 Å². The van der Waals surface area contributed by atoms with Crippen molar-refractivity contribution in [2.75, 3.05) is 12.9 Å². The second-order valence-corrected chi connectivity index (χ2v) is 7.99. The molecule has 0 fully saturated rings. The van der Waals surface area contributed by atoms with Gasteiger partial charge >= 0.3 is 6.61 Å². The van der Waals surface area contributed by atoms with Crippen LogP contribution in [0.3, 0.4) is 0 Å². The van der Waals surface area contributed by atoms with Crippen LogP contribution in [0.25, 0.3) is 23.3 Å². The standard InChI is InChI=1S/C19H17F2NO5S/c1-3-28(23,24)13-6-8-15-14(11-13)22-18(26-15)9-5-12-4-7-16(25-2)17(10-12)27-19(20)21/h4-11,19H,3H2,1-2H3/b9-5+. The Hall–Kier alpha value is -2.94. The Morgan fingerprint density at radius 2 is 1.93 bits per heavy atom. The number of aromatic nitrogens is 1. The van der Waals surface area contributed by atoms with E-state index >= 15 is 0 Å². The van der Waals surface area contributed by atoms with E-state index in [1.807, 2.05) is 0 Å². The molecule has 0 radical (unpaired) electrons. The van der Waals surface area contributed by atoms with Crippen molar-refractivity contribution in [3.63, 3.8) is 0 Å². The summed E-state index contributed by atoms with van der Waals surface area (Å²) >= 11 is 0. The van der Waals surface area contributed by atoms with Gasteiger partial charge in [-0.1, -0.05) is 13.0 Å². The van der Waals surface area contributed by atoms with Crippen LogP contribution in [0.5, 0.6) is 11.5 Å². The minimum Gasteiger partial charge on any atom is -0.493 e. The number of sulfone groups is 1. The van der Waals surface area contributed by atoms with Gasteiger partial charge in [0.2, 0.25) is 5.89 Å². The second kappa shape index (κ2) is 7.97. The Morgan fingerprint density at radius 1 is 1.14 bits per heavy atom. The summed E-state index contributed by atoms with van der Waals surface area (Å²) in [6.07, 6.45) is 3.15. The number of nitrogens with zero attached hydrogens (tertiary/aromatic N) is 1. The molecule has 0 N–H and O–H groups in total. The van der Waals surface area contributed by atoms with E-state index in [2.05, 4.69) is 9.72 Å². The maximum absolute atomic E-state index is 12.5. The summed E-state index contributed by atoms with van der Waals surface area (Å²) in [7, 11) is -1.99. The van der Waals surface area contributed by atoms with E-state index in [1.165, 1.54) is 31.4 Å². The molecule has 0 aliphatic rings. The SMILES string of the molecule is CCS(=O)(=O)c1ccc2oc(/C=C/c3ccc(OC)c(OC(F)F)c3)nc2c1. The third-order valence-corrected chi connectivity index (χ3v) is 5.67. The largest absolute Gasteiger partial charge is 0.493 e. The summed E-state index contributed by atoms with van der Waals surface area (Å²) in [6.45, 7) is -1.41. The van der Waals surface area contributed by atoms with Crippen LogP contribution in [0.2, 0.25) is 0 Å². The van der Waals surface area contributed by atoms with E-state index in [4.69, 9.17) is 9.15 Å². The Labute approximate surface area is 160 Å². The van der Waals surface area contributed by atoms with Crippen molar-refractivity contribution in [3.8, 4) is 11.5 Å². The monoisotopic (exact) mass is 409 g/mol. The van der Waals surface area contributed by atoms with Gasteiger partial charge in [-0.3, -0.25) is 0 Å². The third kappa shape index (κ3) is 4.30. The van der Waals surface area contributed by atoms with Crippen LogP contribution in [-0.2, 0) is 9.84 Å².